The summed E-state index contributed by atoms with van der Waals surface area (Å²) in [6.45, 7) is -2.81. The van der Waals surface area contributed by atoms with Crippen LogP contribution in [0.1, 0.15) is 19.3 Å². The van der Waals surface area contributed by atoms with Crippen molar-refractivity contribution in [1.82, 2.24) is 4.57 Å². The summed E-state index contributed by atoms with van der Waals surface area (Å²) in [4.78, 5) is 12.2. The molecule has 0 saturated carbocycles. The zero-order chi connectivity index (χ0) is 18.6. The molecule has 1 aromatic carbocycles. The molecule has 0 spiro atoms. The van der Waals surface area contributed by atoms with Crippen LogP contribution < -0.4 is 5.56 Å². The zero-order valence-electron chi connectivity index (χ0n) is 16.9. The maximum atomic E-state index is 12.2. The summed E-state index contributed by atoms with van der Waals surface area (Å²) in [5.41, 5.74) is -2.34. The first-order chi connectivity index (χ1) is 10.9. The third kappa shape index (κ3) is 1.59. The molecule has 0 fully saturated rings. The van der Waals surface area contributed by atoms with E-state index in [2.05, 4.69) is 0 Å². The molecule has 0 bridgehead atoms. The predicted octanol–water partition coefficient (Wildman–Crippen LogP) is 2.15. The van der Waals surface area contributed by atoms with Gasteiger partial charge in [-0.1, -0.05) is 24.2 Å². The number of pyridine rings is 1. The van der Waals surface area contributed by atoms with Gasteiger partial charge in [0.25, 0.3) is 5.56 Å². The minimum absolute atomic E-state index is 0.516. The van der Waals surface area contributed by atoms with E-state index in [0.29, 0.717) is 4.57 Å². The van der Waals surface area contributed by atoms with Gasteiger partial charge in [0.05, 0.1) is 9.60 Å². The standard InChI is InChI=1S/C12H11NO/c1-10-7-8-12(14)13(9-10)11-5-3-2-4-6-11/h2-9H,1H3/i1D3,2D,3D,4D,5D,6D,7D,8D. The van der Waals surface area contributed by atoms with E-state index in [9.17, 15) is 4.79 Å². The maximum Gasteiger partial charge on any atom is 0.255 e. The molecule has 14 heavy (non-hydrogen) atoms. The summed E-state index contributed by atoms with van der Waals surface area (Å²) >= 11 is 0. The Morgan fingerprint density at radius 3 is 2.71 bits per heavy atom. The second kappa shape index (κ2) is 3.50. The van der Waals surface area contributed by atoms with E-state index >= 15 is 0 Å². The number of aromatic nitrogens is 1. The first-order valence-electron chi connectivity index (χ1n) is 8.70. The zero-order valence-corrected chi connectivity index (χ0v) is 6.93. The third-order valence-electron chi connectivity index (χ3n) is 1.51. The molecular formula is C12H11NO. The molecule has 0 aliphatic carbocycles. The van der Waals surface area contributed by atoms with Crippen molar-refractivity contribution in [2.75, 3.05) is 0 Å². The molecule has 0 aliphatic heterocycles. The monoisotopic (exact) mass is 195 g/mol. The van der Waals surface area contributed by atoms with Crippen molar-refractivity contribution in [2.24, 2.45) is 0 Å². The quantitative estimate of drug-likeness (QED) is 0.683. The SMILES string of the molecule is [2H]c1c([2H])c([2H])c(-n2cc(C([2H])([2H])[2H])c([2H])c([2H])c2=O)c([2H])c1[2H]. The normalized spacial score (nSPS) is 21.1. The Morgan fingerprint density at radius 2 is 2.00 bits per heavy atom. The summed E-state index contributed by atoms with van der Waals surface area (Å²) in [6.07, 6.45) is 0.726. The lowest BCUT2D eigenvalue weighted by molar-refractivity contribution is 0.976. The molecule has 0 unspecified atom stereocenters. The number of rotatable bonds is 1. The van der Waals surface area contributed by atoms with E-state index < -0.39 is 66.0 Å². The van der Waals surface area contributed by atoms with Gasteiger partial charge in [-0.3, -0.25) is 9.36 Å². The second-order valence-corrected chi connectivity index (χ2v) is 2.44. The van der Waals surface area contributed by atoms with E-state index in [-0.39, 0.29) is 0 Å². The number of hydrogen-bond acceptors (Lipinski definition) is 1. The van der Waals surface area contributed by atoms with Gasteiger partial charge >= 0.3 is 0 Å². The predicted molar refractivity (Wildman–Crippen MR) is 56.8 cm³/mol. The van der Waals surface area contributed by atoms with Gasteiger partial charge < -0.3 is 0 Å². The van der Waals surface area contributed by atoms with Crippen LogP contribution in [0.3, 0.4) is 0 Å². The van der Waals surface area contributed by atoms with Crippen molar-refractivity contribution in [3.8, 4) is 5.69 Å². The molecule has 2 rings (SSSR count). The van der Waals surface area contributed by atoms with E-state index in [0.717, 1.165) is 6.20 Å². The Bertz CT molecular complexity index is 869. The topological polar surface area (TPSA) is 22.0 Å². The Balaban J connectivity index is 3.00. The lowest BCUT2D eigenvalue weighted by Crippen LogP contribution is -2.16. The highest BCUT2D eigenvalue weighted by atomic mass is 16.1. The molecule has 2 nitrogen and oxygen atoms in total. The molecule has 0 atom stereocenters. The molecule has 2 heteroatoms. The van der Waals surface area contributed by atoms with Crippen LogP contribution in [0.25, 0.3) is 5.69 Å². The van der Waals surface area contributed by atoms with Crippen molar-refractivity contribution in [1.29, 1.82) is 0 Å². The number of aryl methyl sites for hydroxylation is 1. The number of hydrogen-bond donors (Lipinski definition) is 0. The van der Waals surface area contributed by atoms with Crippen LogP contribution in [0.2, 0.25) is 0 Å². The Kier molecular flexibility index (Phi) is 0.707. The third-order valence-corrected chi connectivity index (χ3v) is 1.51. The summed E-state index contributed by atoms with van der Waals surface area (Å²) in [7, 11) is 0. The molecule has 1 heterocycles. The van der Waals surface area contributed by atoms with E-state index in [1.165, 1.54) is 0 Å². The van der Waals surface area contributed by atoms with Crippen LogP contribution in [0.15, 0.2) is 53.3 Å². The largest absolute Gasteiger partial charge is 0.284 e. The van der Waals surface area contributed by atoms with Crippen LogP contribution in [0.5, 0.6) is 0 Å². The smallest absolute Gasteiger partial charge is 0.255 e. The van der Waals surface area contributed by atoms with Gasteiger partial charge in [0, 0.05) is 22.0 Å². The van der Waals surface area contributed by atoms with Crippen molar-refractivity contribution in [2.45, 2.75) is 6.85 Å². The minimum Gasteiger partial charge on any atom is -0.284 e. The minimum atomic E-state index is -2.81. The molecule has 1 aromatic heterocycles. The van der Waals surface area contributed by atoms with Crippen molar-refractivity contribution < 1.29 is 13.7 Å². The van der Waals surface area contributed by atoms with Crippen molar-refractivity contribution >= 4 is 0 Å². The molecule has 2 aromatic rings. The lowest BCUT2D eigenvalue weighted by Gasteiger charge is -2.05. The van der Waals surface area contributed by atoms with Gasteiger partial charge in [0.1, 0.15) is 0 Å². The highest BCUT2D eigenvalue weighted by molar-refractivity contribution is 5.32. The van der Waals surface area contributed by atoms with E-state index in [1.807, 2.05) is 0 Å². The number of para-hydroxylation sites is 1. The van der Waals surface area contributed by atoms with Crippen molar-refractivity contribution in [3.05, 3.63) is 64.4 Å². The molecule has 0 saturated heterocycles. The fraction of sp³-hybridized carbons (Fsp3) is 0.0833. The second-order valence-electron chi connectivity index (χ2n) is 2.44. The van der Waals surface area contributed by atoms with Gasteiger partial charge in [-0.2, -0.15) is 0 Å². The fourth-order valence-electron chi connectivity index (χ4n) is 0.931. The summed E-state index contributed by atoms with van der Waals surface area (Å²) in [5.74, 6) is 0. The van der Waals surface area contributed by atoms with Crippen LogP contribution in [0.4, 0.5) is 0 Å². The van der Waals surface area contributed by atoms with Crippen LogP contribution in [-0.4, -0.2) is 4.57 Å². The number of nitrogens with zero attached hydrogens (tertiary/aromatic N) is 1. The summed E-state index contributed by atoms with van der Waals surface area (Å²) in [6, 6.07) is -5.21. The Labute approximate surface area is 96.5 Å². The molecular weight excluding hydrogens is 174 g/mol. The molecule has 70 valence electrons. The lowest BCUT2D eigenvalue weighted by atomic mass is 10.3. The van der Waals surface area contributed by atoms with Gasteiger partial charge in [0.15, 0.2) is 0 Å². The average Bonchev–Trinajstić information content (AvgIpc) is 2.49. The Hall–Kier alpha value is -1.83. The molecule has 0 radical (unpaired) electrons. The van der Waals surface area contributed by atoms with Crippen LogP contribution in [-0.2, 0) is 0 Å². The first-order valence-corrected chi connectivity index (χ1v) is 3.70. The van der Waals surface area contributed by atoms with Gasteiger partial charge in [-0.25, -0.2) is 0 Å². The fourth-order valence-corrected chi connectivity index (χ4v) is 0.931. The number of benzene rings is 1. The highest BCUT2D eigenvalue weighted by Gasteiger charge is 1.97. The first kappa shape index (κ1) is 2.83. The molecule has 0 N–H and O–H groups in total. The van der Waals surface area contributed by atoms with E-state index in [1.54, 1.807) is 0 Å². The summed E-state index contributed by atoms with van der Waals surface area (Å²) < 4.78 is 76.3. The molecule has 0 amide bonds. The van der Waals surface area contributed by atoms with Gasteiger partial charge in [-0.05, 0) is 24.5 Å². The molecule has 0 aliphatic rings. The van der Waals surface area contributed by atoms with E-state index in [4.69, 9.17) is 13.7 Å². The maximum absolute atomic E-state index is 12.2. The Morgan fingerprint density at radius 1 is 1.21 bits per heavy atom. The van der Waals surface area contributed by atoms with Crippen molar-refractivity contribution in [3.63, 3.8) is 0 Å². The van der Waals surface area contributed by atoms with Gasteiger partial charge in [-0.15, -0.1) is 0 Å². The highest BCUT2D eigenvalue weighted by Crippen LogP contribution is 2.04. The van der Waals surface area contributed by atoms with Gasteiger partial charge in [0.2, 0.25) is 0 Å². The average molecular weight is 195 g/mol. The van der Waals surface area contributed by atoms with Crippen LogP contribution in [0, 0.1) is 6.85 Å². The summed E-state index contributed by atoms with van der Waals surface area (Å²) in [5, 5.41) is 0. The van der Waals surface area contributed by atoms with Crippen LogP contribution >= 0.6 is 0 Å².